The van der Waals surface area contributed by atoms with Gasteiger partial charge < -0.3 is 19.3 Å². The Kier molecular flexibility index (Phi) is 3.79. The first-order valence-electron chi connectivity index (χ1n) is 8.56. The molecule has 2 aromatic carbocycles. The molecule has 2 aliphatic rings. The summed E-state index contributed by atoms with van der Waals surface area (Å²) in [6, 6.07) is 15.8. The Bertz CT molecular complexity index is 789. The smallest absolute Gasteiger partial charge is 0.254 e. The van der Waals surface area contributed by atoms with E-state index >= 15 is 0 Å². The first kappa shape index (κ1) is 15.8. The van der Waals surface area contributed by atoms with Crippen LogP contribution in [0.15, 0.2) is 48.5 Å². The van der Waals surface area contributed by atoms with Gasteiger partial charge in [-0.2, -0.15) is 0 Å². The average molecular weight is 338 g/mol. The van der Waals surface area contributed by atoms with Crippen LogP contribution in [0.1, 0.15) is 24.2 Å². The summed E-state index contributed by atoms with van der Waals surface area (Å²) in [4.78, 5) is 17.4. The number of ether oxygens (including phenoxy) is 2. The van der Waals surface area contributed by atoms with Crippen molar-refractivity contribution in [3.05, 3.63) is 54.1 Å². The number of hydrogen-bond donors (Lipinski definition) is 0. The maximum absolute atomic E-state index is 13.1. The SMILES string of the molecule is CC1(C)CN(c2ccccc2)CCN1C(=O)c1ccc2c(c1)OCO2. The minimum absolute atomic E-state index is 0.0380. The van der Waals surface area contributed by atoms with Crippen LogP contribution in [0.4, 0.5) is 5.69 Å². The summed E-state index contributed by atoms with van der Waals surface area (Å²) in [5.41, 5.74) is 1.58. The zero-order chi connectivity index (χ0) is 17.4. The van der Waals surface area contributed by atoms with Gasteiger partial charge in [-0.05, 0) is 44.2 Å². The Hall–Kier alpha value is -2.69. The van der Waals surface area contributed by atoms with E-state index in [1.54, 1.807) is 6.07 Å². The molecule has 2 aromatic rings. The fraction of sp³-hybridized carbons (Fsp3) is 0.350. The van der Waals surface area contributed by atoms with Crippen LogP contribution in [-0.2, 0) is 0 Å². The van der Waals surface area contributed by atoms with Gasteiger partial charge in [0.15, 0.2) is 11.5 Å². The van der Waals surface area contributed by atoms with Crippen LogP contribution < -0.4 is 14.4 Å². The molecule has 0 bridgehead atoms. The van der Waals surface area contributed by atoms with Crippen LogP contribution in [-0.4, -0.2) is 42.8 Å². The molecule has 25 heavy (non-hydrogen) atoms. The summed E-state index contributed by atoms with van der Waals surface area (Å²) in [7, 11) is 0. The lowest BCUT2D eigenvalue weighted by atomic mass is 9.96. The van der Waals surface area contributed by atoms with E-state index in [0.29, 0.717) is 23.6 Å². The van der Waals surface area contributed by atoms with Crippen LogP contribution in [0.5, 0.6) is 11.5 Å². The van der Waals surface area contributed by atoms with Gasteiger partial charge >= 0.3 is 0 Å². The predicted octanol–water partition coefficient (Wildman–Crippen LogP) is 3.16. The number of carbonyl (C=O) groups is 1. The summed E-state index contributed by atoms with van der Waals surface area (Å²) >= 11 is 0. The van der Waals surface area contributed by atoms with Crippen molar-refractivity contribution in [1.82, 2.24) is 4.90 Å². The standard InChI is InChI=1S/C20H22N2O3/c1-20(2)13-21(16-6-4-3-5-7-16)10-11-22(20)19(23)15-8-9-17-18(12-15)25-14-24-17/h3-9,12H,10-11,13-14H2,1-2H3. The first-order valence-corrected chi connectivity index (χ1v) is 8.56. The molecule has 2 aliphatic heterocycles. The van der Waals surface area contributed by atoms with Gasteiger partial charge in [0.2, 0.25) is 6.79 Å². The van der Waals surface area contributed by atoms with Crippen molar-refractivity contribution in [2.45, 2.75) is 19.4 Å². The second-order valence-electron chi connectivity index (χ2n) is 7.09. The van der Waals surface area contributed by atoms with Crippen molar-refractivity contribution in [3.8, 4) is 11.5 Å². The third kappa shape index (κ3) is 2.90. The van der Waals surface area contributed by atoms with Crippen LogP contribution in [0.2, 0.25) is 0 Å². The topological polar surface area (TPSA) is 42.0 Å². The van der Waals surface area contributed by atoms with E-state index in [2.05, 4.69) is 30.9 Å². The second kappa shape index (κ2) is 5.99. The molecule has 0 unspecified atom stereocenters. The lowest BCUT2D eigenvalue weighted by Crippen LogP contribution is -2.61. The Balaban J connectivity index is 1.54. The molecule has 1 amide bonds. The fourth-order valence-corrected chi connectivity index (χ4v) is 3.58. The number of carbonyl (C=O) groups excluding carboxylic acids is 1. The number of fused-ring (bicyclic) bond motifs is 1. The highest BCUT2D eigenvalue weighted by Crippen LogP contribution is 2.34. The molecule has 4 rings (SSSR count). The Morgan fingerprint density at radius 1 is 1.00 bits per heavy atom. The molecule has 5 nitrogen and oxygen atoms in total. The van der Waals surface area contributed by atoms with Crippen LogP contribution >= 0.6 is 0 Å². The van der Waals surface area contributed by atoms with Crippen molar-refractivity contribution in [3.63, 3.8) is 0 Å². The highest BCUT2D eigenvalue weighted by atomic mass is 16.7. The van der Waals surface area contributed by atoms with Crippen LogP contribution in [0.25, 0.3) is 0 Å². The van der Waals surface area contributed by atoms with Crippen LogP contribution in [0.3, 0.4) is 0 Å². The minimum atomic E-state index is -0.262. The van der Waals surface area contributed by atoms with Gasteiger partial charge in [0.05, 0.1) is 5.54 Å². The molecule has 0 spiro atoms. The van der Waals surface area contributed by atoms with E-state index < -0.39 is 0 Å². The van der Waals surface area contributed by atoms with E-state index in [-0.39, 0.29) is 18.2 Å². The molecule has 1 saturated heterocycles. The van der Waals surface area contributed by atoms with Crippen molar-refractivity contribution in [1.29, 1.82) is 0 Å². The molecule has 0 aromatic heterocycles. The number of benzene rings is 2. The third-order valence-corrected chi connectivity index (χ3v) is 4.89. The third-order valence-electron chi connectivity index (χ3n) is 4.89. The van der Waals surface area contributed by atoms with Crippen molar-refractivity contribution >= 4 is 11.6 Å². The number of anilines is 1. The Morgan fingerprint density at radius 2 is 1.76 bits per heavy atom. The molecule has 0 atom stereocenters. The maximum Gasteiger partial charge on any atom is 0.254 e. The van der Waals surface area contributed by atoms with Crippen molar-refractivity contribution < 1.29 is 14.3 Å². The summed E-state index contributed by atoms with van der Waals surface area (Å²) in [6.45, 7) is 6.76. The quantitative estimate of drug-likeness (QED) is 0.843. The fourth-order valence-electron chi connectivity index (χ4n) is 3.58. The second-order valence-corrected chi connectivity index (χ2v) is 7.09. The van der Waals surface area contributed by atoms with Gasteiger partial charge in [-0.15, -0.1) is 0 Å². The molecule has 5 heteroatoms. The van der Waals surface area contributed by atoms with Gasteiger partial charge in [0.25, 0.3) is 5.91 Å². The lowest BCUT2D eigenvalue weighted by Gasteiger charge is -2.48. The molecule has 1 fully saturated rings. The molecule has 130 valence electrons. The monoisotopic (exact) mass is 338 g/mol. The molecule has 0 aliphatic carbocycles. The van der Waals surface area contributed by atoms with E-state index in [4.69, 9.17) is 9.47 Å². The van der Waals surface area contributed by atoms with Crippen molar-refractivity contribution in [2.24, 2.45) is 0 Å². The number of nitrogens with zero attached hydrogens (tertiary/aromatic N) is 2. The first-order chi connectivity index (χ1) is 12.0. The van der Waals surface area contributed by atoms with Gasteiger partial charge in [0, 0.05) is 30.9 Å². The minimum Gasteiger partial charge on any atom is -0.454 e. The molecule has 0 N–H and O–H groups in total. The summed E-state index contributed by atoms with van der Waals surface area (Å²) < 4.78 is 10.7. The summed E-state index contributed by atoms with van der Waals surface area (Å²) in [6.07, 6.45) is 0. The van der Waals surface area contributed by atoms with Gasteiger partial charge in [0.1, 0.15) is 0 Å². The number of rotatable bonds is 2. The van der Waals surface area contributed by atoms with Gasteiger partial charge in [-0.25, -0.2) is 0 Å². The zero-order valence-electron chi connectivity index (χ0n) is 14.6. The number of piperazine rings is 1. The molecule has 0 saturated carbocycles. The highest BCUT2D eigenvalue weighted by molar-refractivity contribution is 5.95. The largest absolute Gasteiger partial charge is 0.454 e. The Morgan fingerprint density at radius 3 is 2.52 bits per heavy atom. The van der Waals surface area contributed by atoms with E-state index in [1.165, 1.54) is 5.69 Å². The zero-order valence-corrected chi connectivity index (χ0v) is 14.6. The number of hydrogen-bond acceptors (Lipinski definition) is 4. The van der Waals surface area contributed by atoms with Gasteiger partial charge in [-0.1, -0.05) is 18.2 Å². The lowest BCUT2D eigenvalue weighted by molar-refractivity contribution is 0.0514. The highest BCUT2D eigenvalue weighted by Gasteiger charge is 2.37. The molecular weight excluding hydrogens is 316 g/mol. The van der Waals surface area contributed by atoms with E-state index in [9.17, 15) is 4.79 Å². The molecule has 0 radical (unpaired) electrons. The molecular formula is C20H22N2O3. The summed E-state index contributed by atoms with van der Waals surface area (Å²) in [5, 5.41) is 0. The summed E-state index contributed by atoms with van der Waals surface area (Å²) in [5.74, 6) is 1.38. The Labute approximate surface area is 147 Å². The van der Waals surface area contributed by atoms with E-state index in [0.717, 1.165) is 13.1 Å². The van der Waals surface area contributed by atoms with Gasteiger partial charge in [-0.3, -0.25) is 4.79 Å². The normalized spacial score (nSPS) is 18.3. The number of amides is 1. The van der Waals surface area contributed by atoms with E-state index in [1.807, 2.05) is 35.2 Å². The van der Waals surface area contributed by atoms with Crippen molar-refractivity contribution in [2.75, 3.05) is 31.3 Å². The maximum atomic E-state index is 13.1. The predicted molar refractivity (Wildman–Crippen MR) is 96.3 cm³/mol. The number of para-hydroxylation sites is 1. The molecule has 2 heterocycles. The average Bonchev–Trinajstić information content (AvgIpc) is 3.09. The van der Waals surface area contributed by atoms with Crippen LogP contribution in [0, 0.1) is 0 Å².